The van der Waals surface area contributed by atoms with Gasteiger partial charge in [0.15, 0.2) is 0 Å². The second-order valence-corrected chi connectivity index (χ2v) is 13.1. The Hall–Kier alpha value is 1.40. The fraction of sp³-hybridized carbons (Fsp3) is 1.00. The van der Waals surface area contributed by atoms with Crippen LogP contribution in [0.3, 0.4) is 0 Å². The first kappa shape index (κ1) is 18.7. The van der Waals surface area contributed by atoms with Crippen molar-refractivity contribution in [3.8, 4) is 0 Å². The smallest absolute Gasteiger partial charge is 0.0611 e. The quantitative estimate of drug-likeness (QED) is 0.430. The third-order valence-electron chi connectivity index (χ3n) is 4.49. The summed E-state index contributed by atoms with van der Waals surface area (Å²) in [4.78, 5) is 0. The molecular weight excluding hydrogens is 332 g/mol. The van der Waals surface area contributed by atoms with E-state index >= 15 is 0 Å². The highest BCUT2D eigenvalue weighted by molar-refractivity contribution is 8.19. The zero-order valence-electron chi connectivity index (χ0n) is 13.8. The van der Waals surface area contributed by atoms with Crippen molar-refractivity contribution in [3.63, 3.8) is 0 Å². The lowest BCUT2D eigenvalue weighted by Gasteiger charge is -2.40. The summed E-state index contributed by atoms with van der Waals surface area (Å²) in [5.74, 6) is 5.57. The highest BCUT2D eigenvalue weighted by Crippen LogP contribution is 2.53. The summed E-state index contributed by atoms with van der Waals surface area (Å²) in [6.07, 6.45) is 12.8. The van der Waals surface area contributed by atoms with Crippen molar-refractivity contribution in [3.05, 3.63) is 0 Å². The predicted octanol–water partition coefficient (Wildman–Crippen LogP) is 6.89. The average Bonchev–Trinajstić information content (AvgIpc) is 2.52. The maximum Gasteiger partial charge on any atom is 0.0611 e. The Labute approximate surface area is 149 Å². The predicted molar refractivity (Wildman–Crippen MR) is 108 cm³/mol. The molecule has 0 bridgehead atoms. The summed E-state index contributed by atoms with van der Waals surface area (Å²) in [6, 6.07) is 0. The summed E-state index contributed by atoms with van der Waals surface area (Å²) in [6.45, 7) is 4.82. The molecule has 0 saturated carbocycles. The van der Waals surface area contributed by atoms with E-state index in [1.54, 1.807) is 0 Å². The molecule has 2 aliphatic rings. The molecule has 0 unspecified atom stereocenters. The molecule has 2 rings (SSSR count). The van der Waals surface area contributed by atoms with Crippen molar-refractivity contribution in [2.24, 2.45) is 0 Å². The molecule has 2 fully saturated rings. The van der Waals surface area contributed by atoms with Crippen molar-refractivity contribution in [1.29, 1.82) is 0 Å². The number of thioether (sulfide) groups is 4. The Bertz CT molecular complexity index is 281. The van der Waals surface area contributed by atoms with E-state index in [9.17, 15) is 0 Å². The Morgan fingerprint density at radius 1 is 0.714 bits per heavy atom. The molecule has 2 aliphatic heterocycles. The van der Waals surface area contributed by atoms with Crippen LogP contribution in [0.25, 0.3) is 0 Å². The highest BCUT2D eigenvalue weighted by atomic mass is 32.2. The molecule has 0 radical (unpaired) electrons. The first-order chi connectivity index (χ1) is 10.2. The first-order valence-corrected chi connectivity index (χ1v) is 12.7. The summed E-state index contributed by atoms with van der Waals surface area (Å²) in [5, 5.41) is 0. The second kappa shape index (κ2) is 9.64. The molecule has 0 atom stereocenters. The lowest BCUT2D eigenvalue weighted by atomic mass is 10.1. The van der Waals surface area contributed by atoms with E-state index in [-0.39, 0.29) is 0 Å². The molecule has 0 aromatic carbocycles. The Balaban J connectivity index is 1.83. The zero-order valence-corrected chi connectivity index (χ0v) is 17.1. The number of rotatable bonds is 8. The SMILES string of the molecule is CCCCCCC1(CCC2(C)SCCCS2)SCCCS1. The maximum absolute atomic E-state index is 2.50. The third-order valence-corrected chi connectivity index (χ3v) is 11.4. The standard InChI is InChI=1S/C17H32S4/c1-3-4-5-6-9-17(20-14-8-15-21-17)11-10-16(2)18-12-7-13-19-16/h3-15H2,1-2H3. The van der Waals surface area contributed by atoms with Crippen LogP contribution in [-0.4, -0.2) is 31.2 Å². The summed E-state index contributed by atoms with van der Waals surface area (Å²) in [5.41, 5.74) is 0. The average molecular weight is 365 g/mol. The van der Waals surface area contributed by atoms with Gasteiger partial charge in [-0.1, -0.05) is 32.6 Å². The largest absolute Gasteiger partial charge is 0.144 e. The molecule has 0 amide bonds. The van der Waals surface area contributed by atoms with Crippen molar-refractivity contribution in [2.45, 2.75) is 79.8 Å². The Morgan fingerprint density at radius 2 is 1.33 bits per heavy atom. The number of hydrogen-bond donors (Lipinski definition) is 0. The van der Waals surface area contributed by atoms with Gasteiger partial charge in [0.25, 0.3) is 0 Å². The van der Waals surface area contributed by atoms with Gasteiger partial charge in [0, 0.05) is 0 Å². The zero-order chi connectivity index (χ0) is 15.0. The molecular formula is C17H32S4. The lowest BCUT2D eigenvalue weighted by Crippen LogP contribution is -2.30. The molecule has 0 aromatic rings. The molecule has 0 spiro atoms. The highest BCUT2D eigenvalue weighted by Gasteiger charge is 2.37. The molecule has 4 heteroatoms. The summed E-state index contributed by atoms with van der Waals surface area (Å²) in [7, 11) is 0. The lowest BCUT2D eigenvalue weighted by molar-refractivity contribution is 0.552. The fourth-order valence-electron chi connectivity index (χ4n) is 3.09. The second-order valence-electron chi connectivity index (χ2n) is 6.46. The van der Waals surface area contributed by atoms with Crippen LogP contribution in [0, 0.1) is 0 Å². The van der Waals surface area contributed by atoms with E-state index in [1.165, 1.54) is 80.8 Å². The Kier molecular flexibility index (Phi) is 8.60. The van der Waals surface area contributed by atoms with Crippen molar-refractivity contribution >= 4 is 47.0 Å². The van der Waals surface area contributed by atoms with E-state index < -0.39 is 0 Å². The van der Waals surface area contributed by atoms with Crippen molar-refractivity contribution in [2.75, 3.05) is 23.0 Å². The van der Waals surface area contributed by atoms with Crippen LogP contribution < -0.4 is 0 Å². The van der Waals surface area contributed by atoms with Crippen LogP contribution in [0.2, 0.25) is 0 Å². The van der Waals surface area contributed by atoms with Gasteiger partial charge in [-0.15, -0.1) is 47.0 Å². The minimum atomic E-state index is 0.507. The van der Waals surface area contributed by atoms with Gasteiger partial charge in [-0.25, -0.2) is 0 Å². The van der Waals surface area contributed by atoms with Crippen molar-refractivity contribution < 1.29 is 0 Å². The molecule has 21 heavy (non-hydrogen) atoms. The molecule has 124 valence electrons. The summed E-state index contributed by atoms with van der Waals surface area (Å²) >= 11 is 9.06. The van der Waals surface area contributed by atoms with Gasteiger partial charge in [-0.2, -0.15) is 0 Å². The van der Waals surface area contributed by atoms with Crippen LogP contribution in [0.4, 0.5) is 0 Å². The van der Waals surface area contributed by atoms with Crippen LogP contribution in [-0.2, 0) is 0 Å². The van der Waals surface area contributed by atoms with Crippen molar-refractivity contribution in [1.82, 2.24) is 0 Å². The van der Waals surface area contributed by atoms with Crippen LogP contribution in [0.15, 0.2) is 0 Å². The maximum atomic E-state index is 2.50. The molecule has 0 aromatic heterocycles. The van der Waals surface area contributed by atoms with Gasteiger partial charge in [0.05, 0.1) is 8.16 Å². The minimum absolute atomic E-state index is 0.507. The first-order valence-electron chi connectivity index (χ1n) is 8.74. The van der Waals surface area contributed by atoms with Gasteiger partial charge < -0.3 is 0 Å². The number of unbranched alkanes of at least 4 members (excludes halogenated alkanes) is 3. The van der Waals surface area contributed by atoms with E-state index in [4.69, 9.17) is 0 Å². The molecule has 2 heterocycles. The third kappa shape index (κ3) is 6.43. The van der Waals surface area contributed by atoms with Crippen LogP contribution in [0.1, 0.15) is 71.6 Å². The fourth-order valence-corrected chi connectivity index (χ4v) is 9.45. The molecule has 0 N–H and O–H groups in total. The van der Waals surface area contributed by atoms with Crippen LogP contribution >= 0.6 is 47.0 Å². The molecule has 0 aliphatic carbocycles. The van der Waals surface area contributed by atoms with E-state index in [2.05, 4.69) is 60.9 Å². The molecule has 2 saturated heterocycles. The van der Waals surface area contributed by atoms with Gasteiger partial charge in [0.2, 0.25) is 0 Å². The molecule has 0 nitrogen and oxygen atoms in total. The van der Waals surface area contributed by atoms with E-state index in [0.717, 1.165) is 0 Å². The van der Waals surface area contributed by atoms with E-state index in [0.29, 0.717) is 8.16 Å². The van der Waals surface area contributed by atoms with Crippen LogP contribution in [0.5, 0.6) is 0 Å². The Morgan fingerprint density at radius 3 is 1.95 bits per heavy atom. The minimum Gasteiger partial charge on any atom is -0.144 e. The van der Waals surface area contributed by atoms with Gasteiger partial charge >= 0.3 is 0 Å². The van der Waals surface area contributed by atoms with Gasteiger partial charge in [-0.3, -0.25) is 0 Å². The summed E-state index contributed by atoms with van der Waals surface area (Å²) < 4.78 is 1.07. The normalized spacial score (nSPS) is 24.9. The topological polar surface area (TPSA) is 0 Å². The monoisotopic (exact) mass is 364 g/mol. The van der Waals surface area contributed by atoms with Gasteiger partial charge in [0.1, 0.15) is 0 Å². The van der Waals surface area contributed by atoms with E-state index in [1.807, 2.05) is 0 Å². The number of hydrogen-bond acceptors (Lipinski definition) is 4. The van der Waals surface area contributed by atoms with Gasteiger partial charge in [-0.05, 0) is 62.0 Å².